The van der Waals surface area contributed by atoms with Crippen LogP contribution < -0.4 is 5.32 Å². The Bertz CT molecular complexity index is 236. The van der Waals surface area contributed by atoms with Gasteiger partial charge in [-0.3, -0.25) is 4.90 Å². The number of ether oxygens (including phenoxy) is 1. The molecular weight excluding hydrogens is 250 g/mol. The second-order valence-electron chi connectivity index (χ2n) is 6.24. The minimum absolute atomic E-state index is 0.356. The van der Waals surface area contributed by atoms with Crippen molar-refractivity contribution in [2.24, 2.45) is 0 Å². The van der Waals surface area contributed by atoms with Crippen molar-refractivity contribution in [1.82, 2.24) is 15.1 Å². The first kappa shape index (κ1) is 17.9. The summed E-state index contributed by atoms with van der Waals surface area (Å²) >= 11 is 0. The Morgan fingerprint density at radius 3 is 2.75 bits per heavy atom. The van der Waals surface area contributed by atoms with Crippen molar-refractivity contribution < 1.29 is 4.74 Å². The summed E-state index contributed by atoms with van der Waals surface area (Å²) < 4.78 is 5.55. The lowest BCUT2D eigenvalue weighted by molar-refractivity contribution is 0.0769. The van der Waals surface area contributed by atoms with Crippen molar-refractivity contribution >= 4 is 0 Å². The largest absolute Gasteiger partial charge is 0.379 e. The van der Waals surface area contributed by atoms with Gasteiger partial charge in [-0.15, -0.1) is 0 Å². The van der Waals surface area contributed by atoms with Gasteiger partial charge in [0.05, 0.1) is 6.10 Å². The van der Waals surface area contributed by atoms with E-state index in [2.05, 4.69) is 42.9 Å². The van der Waals surface area contributed by atoms with Crippen molar-refractivity contribution in [3.8, 4) is 0 Å². The summed E-state index contributed by atoms with van der Waals surface area (Å²) in [4.78, 5) is 5.14. The Kier molecular flexibility index (Phi) is 9.44. The normalized spacial score (nSPS) is 22.4. The summed E-state index contributed by atoms with van der Waals surface area (Å²) in [5.41, 5.74) is 0. The topological polar surface area (TPSA) is 27.7 Å². The summed E-state index contributed by atoms with van der Waals surface area (Å²) in [5.74, 6) is 0. The van der Waals surface area contributed by atoms with Crippen LogP contribution in [0, 0.1) is 0 Å². The van der Waals surface area contributed by atoms with Gasteiger partial charge < -0.3 is 15.0 Å². The maximum atomic E-state index is 5.55. The summed E-state index contributed by atoms with van der Waals surface area (Å²) in [6.45, 7) is 14.4. The van der Waals surface area contributed by atoms with E-state index in [4.69, 9.17) is 4.74 Å². The molecule has 1 saturated heterocycles. The zero-order chi connectivity index (χ0) is 14.8. The number of nitrogens with zero attached hydrogens (tertiary/aromatic N) is 2. The molecule has 0 aliphatic carbocycles. The monoisotopic (exact) mass is 285 g/mol. The molecule has 0 saturated carbocycles. The standard InChI is InChI=1S/C16H35N3O/c1-5-16-14-18(4)10-7-11-19(16)12-9-17-8-6-13-20-15(2)3/h15-17H,5-14H2,1-4H3. The summed E-state index contributed by atoms with van der Waals surface area (Å²) in [6.07, 6.45) is 4.02. The quantitative estimate of drug-likeness (QED) is 0.654. The van der Waals surface area contributed by atoms with Gasteiger partial charge in [0.2, 0.25) is 0 Å². The molecule has 1 N–H and O–H groups in total. The van der Waals surface area contributed by atoms with Gasteiger partial charge in [-0.2, -0.15) is 0 Å². The first-order valence-corrected chi connectivity index (χ1v) is 8.38. The molecule has 0 radical (unpaired) electrons. The highest BCUT2D eigenvalue weighted by Crippen LogP contribution is 2.11. The van der Waals surface area contributed by atoms with Crippen molar-refractivity contribution in [3.05, 3.63) is 0 Å². The van der Waals surface area contributed by atoms with Gasteiger partial charge >= 0.3 is 0 Å². The average Bonchev–Trinajstić information content (AvgIpc) is 2.58. The van der Waals surface area contributed by atoms with Crippen molar-refractivity contribution in [3.63, 3.8) is 0 Å². The summed E-state index contributed by atoms with van der Waals surface area (Å²) in [6, 6.07) is 0.730. The van der Waals surface area contributed by atoms with Crippen LogP contribution in [0.3, 0.4) is 0 Å². The van der Waals surface area contributed by atoms with E-state index in [0.717, 1.165) is 32.2 Å². The maximum Gasteiger partial charge on any atom is 0.0518 e. The molecular formula is C16H35N3O. The molecule has 0 aromatic heterocycles. The van der Waals surface area contributed by atoms with Crippen LogP contribution in [0.25, 0.3) is 0 Å². The van der Waals surface area contributed by atoms with Gasteiger partial charge in [-0.25, -0.2) is 0 Å². The van der Waals surface area contributed by atoms with E-state index in [1.807, 2.05) is 0 Å². The summed E-state index contributed by atoms with van der Waals surface area (Å²) in [7, 11) is 2.25. The average molecular weight is 285 g/mol. The third-order valence-electron chi connectivity index (χ3n) is 4.02. The smallest absolute Gasteiger partial charge is 0.0518 e. The molecule has 120 valence electrons. The van der Waals surface area contributed by atoms with E-state index in [1.165, 1.54) is 39.0 Å². The molecule has 1 unspecified atom stereocenters. The fourth-order valence-corrected chi connectivity index (χ4v) is 2.84. The van der Waals surface area contributed by atoms with Crippen LogP contribution in [0.1, 0.15) is 40.0 Å². The van der Waals surface area contributed by atoms with Crippen molar-refractivity contribution in [2.45, 2.75) is 52.2 Å². The fraction of sp³-hybridized carbons (Fsp3) is 1.00. The molecule has 0 aromatic rings. The zero-order valence-corrected chi connectivity index (χ0v) is 14.0. The third-order valence-corrected chi connectivity index (χ3v) is 4.02. The number of hydrogen-bond donors (Lipinski definition) is 1. The van der Waals surface area contributed by atoms with Crippen LogP contribution in [0.15, 0.2) is 0 Å². The molecule has 4 heteroatoms. The molecule has 1 heterocycles. The van der Waals surface area contributed by atoms with Crippen LogP contribution >= 0.6 is 0 Å². The zero-order valence-electron chi connectivity index (χ0n) is 14.0. The van der Waals surface area contributed by atoms with Crippen LogP contribution in [0.5, 0.6) is 0 Å². The van der Waals surface area contributed by atoms with Crippen LogP contribution in [-0.4, -0.2) is 74.9 Å². The molecule has 1 aliphatic heterocycles. The van der Waals surface area contributed by atoms with Crippen LogP contribution in [-0.2, 0) is 4.74 Å². The first-order chi connectivity index (χ1) is 9.63. The van der Waals surface area contributed by atoms with Crippen molar-refractivity contribution in [2.75, 3.05) is 52.9 Å². The molecule has 1 atom stereocenters. The Labute approximate surface area is 125 Å². The molecule has 1 rings (SSSR count). The van der Waals surface area contributed by atoms with E-state index in [9.17, 15) is 0 Å². The summed E-state index contributed by atoms with van der Waals surface area (Å²) in [5, 5.41) is 3.55. The van der Waals surface area contributed by atoms with Crippen LogP contribution in [0.2, 0.25) is 0 Å². The van der Waals surface area contributed by atoms with E-state index in [-0.39, 0.29) is 0 Å². The second kappa shape index (κ2) is 10.6. The Balaban J connectivity index is 2.10. The lowest BCUT2D eigenvalue weighted by atomic mass is 10.2. The Morgan fingerprint density at radius 2 is 2.05 bits per heavy atom. The molecule has 0 bridgehead atoms. The molecule has 0 spiro atoms. The van der Waals surface area contributed by atoms with Gasteiger partial charge in [-0.1, -0.05) is 6.92 Å². The molecule has 0 amide bonds. The molecule has 4 nitrogen and oxygen atoms in total. The van der Waals surface area contributed by atoms with Gasteiger partial charge in [-0.05, 0) is 59.8 Å². The molecule has 20 heavy (non-hydrogen) atoms. The van der Waals surface area contributed by atoms with E-state index >= 15 is 0 Å². The first-order valence-electron chi connectivity index (χ1n) is 8.38. The highest BCUT2D eigenvalue weighted by atomic mass is 16.5. The minimum Gasteiger partial charge on any atom is -0.379 e. The van der Waals surface area contributed by atoms with E-state index < -0.39 is 0 Å². The fourth-order valence-electron chi connectivity index (χ4n) is 2.84. The second-order valence-corrected chi connectivity index (χ2v) is 6.24. The predicted octanol–water partition coefficient (Wildman–Crippen LogP) is 1.81. The number of rotatable bonds is 9. The highest BCUT2D eigenvalue weighted by Gasteiger charge is 2.20. The van der Waals surface area contributed by atoms with Gasteiger partial charge in [0.25, 0.3) is 0 Å². The highest BCUT2D eigenvalue weighted by molar-refractivity contribution is 4.78. The maximum absolute atomic E-state index is 5.55. The van der Waals surface area contributed by atoms with Gasteiger partial charge in [0, 0.05) is 32.3 Å². The van der Waals surface area contributed by atoms with E-state index in [0.29, 0.717) is 6.10 Å². The van der Waals surface area contributed by atoms with Crippen LogP contribution in [0.4, 0.5) is 0 Å². The number of nitrogens with one attached hydrogen (secondary N) is 1. The molecule has 1 aliphatic rings. The Hall–Kier alpha value is -0.160. The van der Waals surface area contributed by atoms with Crippen molar-refractivity contribution in [1.29, 1.82) is 0 Å². The minimum atomic E-state index is 0.356. The number of likely N-dealkylation sites (N-methyl/N-ethyl adjacent to an activating group) is 1. The van der Waals surface area contributed by atoms with Gasteiger partial charge in [0.15, 0.2) is 0 Å². The number of hydrogen-bond acceptors (Lipinski definition) is 4. The lowest BCUT2D eigenvalue weighted by Gasteiger charge is -2.30. The van der Waals surface area contributed by atoms with E-state index in [1.54, 1.807) is 0 Å². The predicted molar refractivity (Wildman–Crippen MR) is 86.3 cm³/mol. The SMILES string of the molecule is CCC1CN(C)CCCN1CCNCCCOC(C)C. The van der Waals surface area contributed by atoms with Gasteiger partial charge in [0.1, 0.15) is 0 Å². The molecule has 0 aromatic carbocycles. The third kappa shape index (κ3) is 7.58. The lowest BCUT2D eigenvalue weighted by Crippen LogP contribution is -2.43. The Morgan fingerprint density at radius 1 is 1.25 bits per heavy atom. The molecule has 1 fully saturated rings.